The molecule has 32 heavy (non-hydrogen) atoms. The number of carbonyl (C=O) groups excluding carboxylic acids is 1. The molecule has 0 unspecified atom stereocenters. The van der Waals surface area contributed by atoms with E-state index in [0.29, 0.717) is 39.0 Å². The number of hydrogen-bond donors (Lipinski definition) is 3. The highest BCUT2D eigenvalue weighted by Gasteiger charge is 2.42. The molecule has 0 aliphatic carbocycles. The third-order valence-corrected chi connectivity index (χ3v) is 6.22. The molecule has 164 valence electrons. The first kappa shape index (κ1) is 20.3. The second kappa shape index (κ2) is 6.98. The van der Waals surface area contributed by atoms with Crippen molar-refractivity contribution in [3.63, 3.8) is 0 Å². The van der Waals surface area contributed by atoms with E-state index in [2.05, 4.69) is 0 Å². The number of aromatic nitrogens is 2. The van der Waals surface area contributed by atoms with E-state index in [1.54, 1.807) is 29.7 Å². The van der Waals surface area contributed by atoms with E-state index in [-0.39, 0.29) is 43.4 Å². The fourth-order valence-corrected chi connectivity index (χ4v) is 4.54. The van der Waals surface area contributed by atoms with Gasteiger partial charge in [-0.2, -0.15) is 0 Å². The summed E-state index contributed by atoms with van der Waals surface area (Å²) < 4.78 is 12.1. The molecule has 1 atom stereocenters. The van der Waals surface area contributed by atoms with Gasteiger partial charge in [0.2, 0.25) is 5.90 Å². The van der Waals surface area contributed by atoms with Crippen molar-refractivity contribution < 1.29 is 24.5 Å². The van der Waals surface area contributed by atoms with Crippen LogP contribution in [0.15, 0.2) is 29.1 Å². The zero-order chi connectivity index (χ0) is 22.8. The molecule has 2 aliphatic rings. The second-order valence-electron chi connectivity index (χ2n) is 8.00. The number of benzene rings is 1. The number of fused-ring (bicyclic) bond motifs is 5. The van der Waals surface area contributed by atoms with Gasteiger partial charge in [-0.05, 0) is 30.7 Å². The summed E-state index contributed by atoms with van der Waals surface area (Å²) in [6, 6.07) is 6.84. The summed E-state index contributed by atoms with van der Waals surface area (Å²) in [6.07, 6.45) is 0.193. The largest absolute Gasteiger partial charge is 0.474 e. The number of aliphatic hydroxyl groups is 2. The molecule has 3 N–H and O–H groups in total. The monoisotopic (exact) mass is 435 g/mol. The van der Waals surface area contributed by atoms with Crippen LogP contribution in [0.3, 0.4) is 0 Å². The Bertz CT molecular complexity index is 1390. The van der Waals surface area contributed by atoms with Gasteiger partial charge in [-0.1, -0.05) is 6.92 Å². The van der Waals surface area contributed by atoms with Gasteiger partial charge in [0.25, 0.3) is 5.56 Å². The van der Waals surface area contributed by atoms with Crippen molar-refractivity contribution in [2.75, 3.05) is 0 Å². The molecule has 0 amide bonds. The van der Waals surface area contributed by atoms with E-state index >= 15 is 0 Å². The summed E-state index contributed by atoms with van der Waals surface area (Å²) in [7, 11) is 0. The molecule has 0 saturated carbocycles. The van der Waals surface area contributed by atoms with Gasteiger partial charge in [-0.15, -0.1) is 0 Å². The molecule has 5 rings (SSSR count). The number of pyridine rings is 2. The first-order chi connectivity index (χ1) is 15.3. The molecule has 2 aliphatic heterocycles. The van der Waals surface area contributed by atoms with Crippen LogP contribution in [0.2, 0.25) is 0 Å². The van der Waals surface area contributed by atoms with Gasteiger partial charge in [0, 0.05) is 29.0 Å². The van der Waals surface area contributed by atoms with E-state index in [4.69, 9.17) is 19.9 Å². The average Bonchev–Trinajstić information content (AvgIpc) is 3.13. The Balaban J connectivity index is 1.73. The maximum atomic E-state index is 13.3. The van der Waals surface area contributed by atoms with Crippen LogP contribution in [0.25, 0.3) is 22.3 Å². The van der Waals surface area contributed by atoms with Crippen LogP contribution in [0.5, 0.6) is 5.75 Å². The summed E-state index contributed by atoms with van der Waals surface area (Å²) in [6.45, 7) is 2.88. The number of rotatable bonds is 3. The quantitative estimate of drug-likeness (QED) is 0.331. The number of esters is 1. The van der Waals surface area contributed by atoms with Gasteiger partial charge < -0.3 is 24.3 Å². The van der Waals surface area contributed by atoms with E-state index in [1.165, 1.54) is 6.92 Å². The van der Waals surface area contributed by atoms with Gasteiger partial charge in [0.15, 0.2) is 5.60 Å². The van der Waals surface area contributed by atoms with Crippen LogP contribution in [0.1, 0.15) is 42.5 Å². The lowest BCUT2D eigenvalue weighted by Gasteiger charge is -2.33. The number of nitrogens with zero attached hydrogens (tertiary/aromatic N) is 2. The molecule has 0 fully saturated rings. The minimum atomic E-state index is -1.66. The van der Waals surface area contributed by atoms with Gasteiger partial charge in [0.05, 0.1) is 35.6 Å². The minimum Gasteiger partial charge on any atom is -0.474 e. The smallest absolute Gasteiger partial charge is 0.308 e. The van der Waals surface area contributed by atoms with Crippen molar-refractivity contribution in [1.29, 1.82) is 5.41 Å². The Morgan fingerprint density at radius 1 is 1.38 bits per heavy atom. The lowest BCUT2D eigenvalue weighted by Crippen LogP contribution is -2.44. The Kier molecular flexibility index (Phi) is 4.44. The van der Waals surface area contributed by atoms with Crippen molar-refractivity contribution in [3.8, 4) is 17.1 Å². The van der Waals surface area contributed by atoms with Crippen molar-refractivity contribution in [2.24, 2.45) is 0 Å². The number of ether oxygens (including phenoxy) is 2. The zero-order valence-electron chi connectivity index (χ0n) is 17.6. The van der Waals surface area contributed by atoms with Gasteiger partial charge in [-0.3, -0.25) is 15.0 Å². The Labute approximate surface area is 182 Å². The summed E-state index contributed by atoms with van der Waals surface area (Å²) >= 11 is 0. The zero-order valence-corrected chi connectivity index (χ0v) is 17.6. The highest BCUT2D eigenvalue weighted by atomic mass is 16.5. The van der Waals surface area contributed by atoms with Crippen molar-refractivity contribution in [1.82, 2.24) is 9.55 Å². The summed E-state index contributed by atoms with van der Waals surface area (Å²) in [5.74, 6) is -0.498. The van der Waals surface area contributed by atoms with Crippen molar-refractivity contribution in [3.05, 3.63) is 56.9 Å². The minimum absolute atomic E-state index is 0.0677. The van der Waals surface area contributed by atoms with Crippen molar-refractivity contribution in [2.45, 2.75) is 45.6 Å². The molecule has 1 aromatic carbocycles. The highest BCUT2D eigenvalue weighted by Crippen LogP contribution is 2.39. The van der Waals surface area contributed by atoms with E-state index < -0.39 is 11.6 Å². The molecule has 9 heteroatoms. The average molecular weight is 435 g/mol. The van der Waals surface area contributed by atoms with Crippen LogP contribution in [-0.2, 0) is 34.9 Å². The normalized spacial score (nSPS) is 18.7. The molecule has 4 heterocycles. The molecule has 9 nitrogen and oxygen atoms in total. The predicted molar refractivity (Wildman–Crippen MR) is 114 cm³/mol. The lowest BCUT2D eigenvalue weighted by molar-refractivity contribution is -0.131. The fraction of sp³-hybridized carbons (Fsp3) is 0.304. The van der Waals surface area contributed by atoms with Gasteiger partial charge in [0.1, 0.15) is 12.4 Å². The van der Waals surface area contributed by atoms with E-state index in [1.807, 2.05) is 6.07 Å². The fourth-order valence-electron chi connectivity index (χ4n) is 4.54. The topological polar surface area (TPSA) is 135 Å². The molecule has 0 radical (unpaired) electrons. The third-order valence-electron chi connectivity index (χ3n) is 6.22. The van der Waals surface area contributed by atoms with E-state index in [9.17, 15) is 19.8 Å². The molecule has 0 saturated heterocycles. The van der Waals surface area contributed by atoms with Crippen LogP contribution in [-0.4, -0.2) is 31.6 Å². The number of nitrogens with one attached hydrogen (secondary N) is 1. The maximum absolute atomic E-state index is 13.3. The maximum Gasteiger partial charge on any atom is 0.308 e. The van der Waals surface area contributed by atoms with E-state index in [0.717, 1.165) is 5.56 Å². The molecule has 2 aromatic heterocycles. The molecule has 3 aromatic rings. The summed E-state index contributed by atoms with van der Waals surface area (Å²) in [5, 5.41) is 29.7. The highest BCUT2D eigenvalue weighted by molar-refractivity contribution is 5.90. The van der Waals surface area contributed by atoms with Crippen LogP contribution in [0.4, 0.5) is 0 Å². The Hall–Kier alpha value is -3.56. The summed E-state index contributed by atoms with van der Waals surface area (Å²) in [5.41, 5.74) is 1.69. The second-order valence-corrected chi connectivity index (χ2v) is 8.00. The van der Waals surface area contributed by atoms with Crippen LogP contribution >= 0.6 is 0 Å². The SMILES string of the molecule is CC[C@@]1(O)C(=N)OCc2c1cc1n(c2=O)Cc2cc3c(CO)c(OC(C)=O)ccc3nc2-1. The van der Waals surface area contributed by atoms with Gasteiger partial charge in [-0.25, -0.2) is 4.98 Å². The lowest BCUT2D eigenvalue weighted by atomic mass is 9.85. The van der Waals surface area contributed by atoms with Crippen LogP contribution < -0.4 is 10.3 Å². The Morgan fingerprint density at radius 2 is 2.16 bits per heavy atom. The number of hydrogen-bond acceptors (Lipinski definition) is 8. The molecule has 0 spiro atoms. The van der Waals surface area contributed by atoms with Gasteiger partial charge >= 0.3 is 5.97 Å². The predicted octanol–water partition coefficient (Wildman–Crippen LogP) is 1.95. The van der Waals surface area contributed by atoms with Crippen molar-refractivity contribution >= 4 is 22.8 Å². The summed E-state index contributed by atoms with van der Waals surface area (Å²) in [4.78, 5) is 29.4. The number of carbonyl (C=O) groups is 1. The van der Waals surface area contributed by atoms with Crippen LogP contribution in [0, 0.1) is 5.41 Å². The third kappa shape index (κ3) is 2.71. The Morgan fingerprint density at radius 3 is 2.84 bits per heavy atom. The standard InChI is InChI=1S/C23H21N3O6/c1-3-23(30)16-7-18-20-12(8-26(18)21(29)15(16)10-31-22(23)24)6-13-14(9-27)19(32-11(2)28)5-4-17(13)25-20/h4-7,24,27,30H,3,8-10H2,1-2H3/t23-/m0/s1. The molecular formula is C23H21N3O6. The molecule has 0 bridgehead atoms. The molecular weight excluding hydrogens is 414 g/mol. The first-order valence-electron chi connectivity index (χ1n) is 10.2. The number of aliphatic hydroxyl groups excluding tert-OH is 1. The first-order valence-corrected chi connectivity index (χ1v) is 10.2.